The average Bonchev–Trinajstić information content (AvgIpc) is 3.02. The molecule has 1 aliphatic rings. The van der Waals surface area contributed by atoms with E-state index in [1.807, 2.05) is 24.3 Å². The van der Waals surface area contributed by atoms with Crippen LogP contribution in [0.3, 0.4) is 0 Å². The second kappa shape index (κ2) is 6.28. The van der Waals surface area contributed by atoms with Crippen LogP contribution in [-0.2, 0) is 0 Å². The number of hydrogen-bond donors (Lipinski definition) is 1. The minimum absolute atomic E-state index is 0.281. The fourth-order valence-electron chi connectivity index (χ4n) is 2.74. The molecule has 0 bridgehead atoms. The van der Waals surface area contributed by atoms with Gasteiger partial charge in [-0.25, -0.2) is 0 Å². The second-order valence-corrected chi connectivity index (χ2v) is 5.51. The maximum Gasteiger partial charge on any atom is 0.231 e. The number of rotatable bonds is 5. The zero-order chi connectivity index (χ0) is 15.5. The lowest BCUT2D eigenvalue weighted by molar-refractivity contribution is 0.174. The molecule has 0 spiro atoms. The van der Waals surface area contributed by atoms with Gasteiger partial charge in [-0.3, -0.25) is 0 Å². The summed E-state index contributed by atoms with van der Waals surface area (Å²) in [5, 5.41) is 0. The summed E-state index contributed by atoms with van der Waals surface area (Å²) in [6.07, 6.45) is 0.965. The molecule has 3 rings (SSSR count). The van der Waals surface area contributed by atoms with Crippen LogP contribution in [0.25, 0.3) is 11.1 Å². The van der Waals surface area contributed by atoms with Crippen molar-refractivity contribution in [1.82, 2.24) is 0 Å². The van der Waals surface area contributed by atoms with Gasteiger partial charge in [0, 0.05) is 5.56 Å². The molecule has 1 aliphatic heterocycles. The summed E-state index contributed by atoms with van der Waals surface area (Å²) >= 11 is 0. The SMILES string of the molecule is COc1ccc(C(C)CCN)cc1-c1ccc2c(c1)OCO2. The van der Waals surface area contributed by atoms with Crippen LogP contribution >= 0.6 is 0 Å². The first-order valence-corrected chi connectivity index (χ1v) is 7.51. The second-order valence-electron chi connectivity index (χ2n) is 5.51. The van der Waals surface area contributed by atoms with Crippen LogP contribution in [0.2, 0.25) is 0 Å². The third kappa shape index (κ3) is 2.74. The van der Waals surface area contributed by atoms with E-state index in [2.05, 4.69) is 19.1 Å². The van der Waals surface area contributed by atoms with Crippen molar-refractivity contribution in [2.45, 2.75) is 19.3 Å². The van der Waals surface area contributed by atoms with Gasteiger partial charge < -0.3 is 19.9 Å². The minimum Gasteiger partial charge on any atom is -0.496 e. The van der Waals surface area contributed by atoms with E-state index < -0.39 is 0 Å². The van der Waals surface area contributed by atoms with Gasteiger partial charge in [0.1, 0.15) is 5.75 Å². The highest BCUT2D eigenvalue weighted by Gasteiger charge is 2.16. The Hall–Kier alpha value is -2.20. The largest absolute Gasteiger partial charge is 0.496 e. The molecule has 1 atom stereocenters. The van der Waals surface area contributed by atoms with E-state index in [0.717, 1.165) is 34.8 Å². The molecule has 4 nitrogen and oxygen atoms in total. The first-order valence-electron chi connectivity index (χ1n) is 7.51. The Bertz CT molecular complexity index is 669. The normalized spacial score (nSPS) is 14.0. The molecule has 0 amide bonds. The minimum atomic E-state index is 0.281. The molecule has 22 heavy (non-hydrogen) atoms. The highest BCUT2D eigenvalue weighted by Crippen LogP contribution is 2.39. The average molecular weight is 299 g/mol. The van der Waals surface area contributed by atoms with E-state index in [0.29, 0.717) is 12.5 Å². The predicted octanol–water partition coefficient (Wildman–Crippen LogP) is 3.54. The topological polar surface area (TPSA) is 53.7 Å². The number of methoxy groups -OCH3 is 1. The van der Waals surface area contributed by atoms with Gasteiger partial charge in [-0.1, -0.05) is 19.1 Å². The van der Waals surface area contributed by atoms with Crippen LogP contribution in [0.5, 0.6) is 17.2 Å². The van der Waals surface area contributed by atoms with Gasteiger partial charge in [-0.2, -0.15) is 0 Å². The monoisotopic (exact) mass is 299 g/mol. The van der Waals surface area contributed by atoms with Crippen molar-refractivity contribution in [2.75, 3.05) is 20.4 Å². The third-order valence-corrected chi connectivity index (χ3v) is 4.08. The summed E-state index contributed by atoms with van der Waals surface area (Å²) in [7, 11) is 1.69. The first-order chi connectivity index (χ1) is 10.7. The molecule has 0 radical (unpaired) electrons. The molecular weight excluding hydrogens is 278 g/mol. The van der Waals surface area contributed by atoms with Gasteiger partial charge in [0.2, 0.25) is 6.79 Å². The molecule has 2 aromatic rings. The Kier molecular flexibility index (Phi) is 4.20. The number of fused-ring (bicyclic) bond motifs is 1. The summed E-state index contributed by atoms with van der Waals surface area (Å²) in [5.41, 5.74) is 9.06. The van der Waals surface area contributed by atoms with Crippen molar-refractivity contribution in [2.24, 2.45) is 5.73 Å². The molecule has 2 N–H and O–H groups in total. The van der Waals surface area contributed by atoms with Crippen molar-refractivity contribution in [3.63, 3.8) is 0 Å². The lowest BCUT2D eigenvalue weighted by Crippen LogP contribution is -2.04. The molecule has 116 valence electrons. The highest BCUT2D eigenvalue weighted by molar-refractivity contribution is 5.74. The Morgan fingerprint density at radius 1 is 1.14 bits per heavy atom. The first kappa shape index (κ1) is 14.7. The zero-order valence-electron chi connectivity index (χ0n) is 13.0. The van der Waals surface area contributed by atoms with Crippen LogP contribution < -0.4 is 19.9 Å². The molecule has 1 heterocycles. The van der Waals surface area contributed by atoms with Crippen molar-refractivity contribution >= 4 is 0 Å². The van der Waals surface area contributed by atoms with Crippen molar-refractivity contribution in [3.8, 4) is 28.4 Å². The quantitative estimate of drug-likeness (QED) is 0.917. The van der Waals surface area contributed by atoms with Crippen LogP contribution in [0.4, 0.5) is 0 Å². The maximum absolute atomic E-state index is 5.68. The Labute approximate surface area is 130 Å². The van der Waals surface area contributed by atoms with Gasteiger partial charge >= 0.3 is 0 Å². The Morgan fingerprint density at radius 3 is 2.73 bits per heavy atom. The zero-order valence-corrected chi connectivity index (χ0v) is 13.0. The molecular formula is C18H21NO3. The molecule has 2 aromatic carbocycles. The molecule has 0 fully saturated rings. The Balaban J connectivity index is 2.02. The molecule has 1 unspecified atom stereocenters. The fourth-order valence-corrected chi connectivity index (χ4v) is 2.74. The lowest BCUT2D eigenvalue weighted by Gasteiger charge is -2.15. The van der Waals surface area contributed by atoms with Crippen LogP contribution in [0.15, 0.2) is 36.4 Å². The lowest BCUT2D eigenvalue weighted by atomic mass is 9.93. The van der Waals surface area contributed by atoms with Crippen LogP contribution in [0.1, 0.15) is 24.8 Å². The standard InChI is InChI=1S/C18H21NO3/c1-12(7-8-19)13-3-5-16(20-2)15(9-13)14-4-6-17-18(10-14)22-11-21-17/h3-6,9-10,12H,7-8,11,19H2,1-2H3. The molecule has 0 saturated heterocycles. The van der Waals surface area contributed by atoms with E-state index in [4.69, 9.17) is 19.9 Å². The van der Waals surface area contributed by atoms with Crippen molar-refractivity contribution in [3.05, 3.63) is 42.0 Å². The summed E-state index contributed by atoms with van der Waals surface area (Å²) in [6, 6.07) is 12.3. The van der Waals surface area contributed by atoms with Crippen molar-refractivity contribution in [1.29, 1.82) is 0 Å². The van der Waals surface area contributed by atoms with Crippen LogP contribution in [0, 0.1) is 0 Å². The fraction of sp³-hybridized carbons (Fsp3) is 0.333. The van der Waals surface area contributed by atoms with Gasteiger partial charge in [-0.05, 0) is 54.3 Å². The van der Waals surface area contributed by atoms with E-state index in [9.17, 15) is 0 Å². The third-order valence-electron chi connectivity index (χ3n) is 4.08. The maximum atomic E-state index is 5.68. The predicted molar refractivity (Wildman–Crippen MR) is 86.6 cm³/mol. The molecule has 0 saturated carbocycles. The van der Waals surface area contributed by atoms with E-state index in [-0.39, 0.29) is 6.79 Å². The number of nitrogens with two attached hydrogens (primary N) is 1. The summed E-state index contributed by atoms with van der Waals surface area (Å²) in [6.45, 7) is 3.16. The van der Waals surface area contributed by atoms with Crippen molar-refractivity contribution < 1.29 is 14.2 Å². The van der Waals surface area contributed by atoms with Crippen LogP contribution in [-0.4, -0.2) is 20.4 Å². The molecule has 0 aliphatic carbocycles. The number of benzene rings is 2. The summed E-state index contributed by atoms with van der Waals surface area (Å²) in [5.74, 6) is 2.83. The van der Waals surface area contributed by atoms with Gasteiger partial charge in [0.15, 0.2) is 11.5 Å². The van der Waals surface area contributed by atoms with Gasteiger partial charge in [0.25, 0.3) is 0 Å². The van der Waals surface area contributed by atoms with E-state index in [1.165, 1.54) is 5.56 Å². The smallest absolute Gasteiger partial charge is 0.231 e. The summed E-state index contributed by atoms with van der Waals surface area (Å²) in [4.78, 5) is 0. The van der Waals surface area contributed by atoms with E-state index >= 15 is 0 Å². The van der Waals surface area contributed by atoms with Gasteiger partial charge in [-0.15, -0.1) is 0 Å². The summed E-state index contributed by atoms with van der Waals surface area (Å²) < 4.78 is 16.4. The van der Waals surface area contributed by atoms with Gasteiger partial charge in [0.05, 0.1) is 7.11 Å². The Morgan fingerprint density at radius 2 is 1.95 bits per heavy atom. The molecule has 4 heteroatoms. The molecule has 0 aromatic heterocycles. The number of hydrogen-bond acceptors (Lipinski definition) is 4. The number of ether oxygens (including phenoxy) is 3. The van der Waals surface area contributed by atoms with E-state index in [1.54, 1.807) is 7.11 Å². The highest BCUT2D eigenvalue weighted by atomic mass is 16.7.